The van der Waals surface area contributed by atoms with Crippen molar-refractivity contribution in [3.63, 3.8) is 0 Å². The van der Waals surface area contributed by atoms with Crippen LogP contribution in [0.1, 0.15) is 48.9 Å². The number of aryl methyl sites for hydroxylation is 1. The quantitative estimate of drug-likeness (QED) is 0.239. The minimum atomic E-state index is -4.05. The predicted molar refractivity (Wildman–Crippen MR) is 157 cm³/mol. The van der Waals surface area contributed by atoms with E-state index in [1.807, 2.05) is 30.0 Å². The average molecular weight is 568 g/mol. The summed E-state index contributed by atoms with van der Waals surface area (Å²) in [7, 11) is -4.05. The molecule has 214 valence electrons. The van der Waals surface area contributed by atoms with Crippen LogP contribution in [0.5, 0.6) is 5.75 Å². The molecule has 0 aromatic heterocycles. The SMILES string of the molecule is CCOC(=O)CS(=O)(=O)N1c2cc(C)c(OC3CCN(C(C)=N)CC3)cc2CC1/C=C/c1cccc(C(=N)N)c1. The van der Waals surface area contributed by atoms with E-state index in [1.165, 1.54) is 4.31 Å². The number of fused-ring (bicyclic) bond motifs is 1. The van der Waals surface area contributed by atoms with Crippen molar-refractivity contribution in [3.05, 3.63) is 64.7 Å². The molecule has 2 heterocycles. The molecule has 1 fully saturated rings. The first-order chi connectivity index (χ1) is 19.0. The van der Waals surface area contributed by atoms with Crippen LogP contribution in [0.2, 0.25) is 0 Å². The smallest absolute Gasteiger partial charge is 0.323 e. The van der Waals surface area contributed by atoms with Crippen LogP contribution in [0, 0.1) is 17.7 Å². The van der Waals surface area contributed by atoms with Gasteiger partial charge in [-0.3, -0.25) is 19.9 Å². The number of hydrogen-bond acceptors (Lipinski definition) is 7. The lowest BCUT2D eigenvalue weighted by Gasteiger charge is -2.33. The van der Waals surface area contributed by atoms with E-state index >= 15 is 0 Å². The van der Waals surface area contributed by atoms with Gasteiger partial charge in [-0.05, 0) is 62.1 Å². The monoisotopic (exact) mass is 567 g/mol. The highest BCUT2D eigenvalue weighted by molar-refractivity contribution is 7.93. The van der Waals surface area contributed by atoms with Gasteiger partial charge in [0.25, 0.3) is 0 Å². The maximum absolute atomic E-state index is 13.5. The third kappa shape index (κ3) is 6.64. The Morgan fingerprint density at radius 1 is 1.18 bits per heavy atom. The number of likely N-dealkylation sites (tertiary alicyclic amines) is 1. The van der Waals surface area contributed by atoms with Gasteiger partial charge in [0.1, 0.15) is 17.7 Å². The fourth-order valence-corrected chi connectivity index (χ4v) is 6.69. The number of hydrogen-bond donors (Lipinski definition) is 3. The maximum atomic E-state index is 13.5. The summed E-state index contributed by atoms with van der Waals surface area (Å²) >= 11 is 0. The lowest BCUT2D eigenvalue weighted by atomic mass is 10.0. The molecule has 2 aromatic rings. The van der Waals surface area contributed by atoms with Crippen molar-refractivity contribution in [3.8, 4) is 5.75 Å². The number of esters is 1. The summed E-state index contributed by atoms with van der Waals surface area (Å²) < 4.78 is 39.7. The Morgan fingerprint density at radius 2 is 1.90 bits per heavy atom. The summed E-state index contributed by atoms with van der Waals surface area (Å²) in [4.78, 5) is 14.2. The van der Waals surface area contributed by atoms with Crippen LogP contribution in [0.3, 0.4) is 0 Å². The van der Waals surface area contributed by atoms with Crippen LogP contribution in [0.15, 0.2) is 42.5 Å². The number of anilines is 1. The van der Waals surface area contributed by atoms with Crippen molar-refractivity contribution >= 4 is 39.4 Å². The average Bonchev–Trinajstić information content (AvgIpc) is 3.26. The Bertz CT molecular complexity index is 1430. The van der Waals surface area contributed by atoms with Gasteiger partial charge in [-0.1, -0.05) is 30.4 Å². The Labute approximate surface area is 235 Å². The van der Waals surface area contributed by atoms with Crippen LogP contribution in [0.4, 0.5) is 5.69 Å². The van der Waals surface area contributed by atoms with Crippen LogP contribution in [0.25, 0.3) is 6.08 Å². The lowest BCUT2D eigenvalue weighted by molar-refractivity contribution is -0.139. The van der Waals surface area contributed by atoms with Gasteiger partial charge in [0.05, 0.1) is 24.2 Å². The molecule has 0 spiro atoms. The van der Waals surface area contributed by atoms with E-state index in [0.29, 0.717) is 29.3 Å². The molecule has 1 saturated heterocycles. The van der Waals surface area contributed by atoms with Gasteiger partial charge in [0, 0.05) is 31.5 Å². The van der Waals surface area contributed by atoms with Crippen molar-refractivity contribution in [1.29, 1.82) is 10.8 Å². The first kappa shape index (κ1) is 29.1. The van der Waals surface area contributed by atoms with Gasteiger partial charge >= 0.3 is 5.97 Å². The van der Waals surface area contributed by atoms with Crippen molar-refractivity contribution in [2.75, 3.05) is 29.8 Å². The number of carbonyl (C=O) groups is 1. The molecule has 10 nitrogen and oxygen atoms in total. The van der Waals surface area contributed by atoms with Gasteiger partial charge in [-0.2, -0.15) is 0 Å². The molecule has 0 bridgehead atoms. The number of benzene rings is 2. The zero-order valence-corrected chi connectivity index (χ0v) is 24.0. The standard InChI is InChI=1S/C29H37N5O5S/c1-4-38-28(35)18-40(36,37)34-24(9-8-21-6-5-7-22(15-21)29(31)32)16-23-17-27(19(2)14-26(23)34)39-25-10-12-33(13-11-25)20(3)30/h5-9,14-15,17,24-25,30H,4,10-13,16,18H2,1-3H3,(H3,31,32)/b9-8+,30-20?. The number of nitrogens with two attached hydrogens (primary N) is 1. The Hall–Kier alpha value is -3.86. The molecule has 4 N–H and O–H groups in total. The summed E-state index contributed by atoms with van der Waals surface area (Å²) in [5.74, 6) is -0.333. The molecule has 40 heavy (non-hydrogen) atoms. The number of nitrogen functional groups attached to an aromatic ring is 1. The molecular formula is C29H37N5O5S. The van der Waals surface area contributed by atoms with Crippen molar-refractivity contribution in [2.24, 2.45) is 5.73 Å². The van der Waals surface area contributed by atoms with E-state index in [-0.39, 0.29) is 18.5 Å². The molecule has 1 unspecified atom stereocenters. The zero-order valence-electron chi connectivity index (χ0n) is 23.1. The van der Waals surface area contributed by atoms with E-state index in [4.69, 9.17) is 26.0 Å². The highest BCUT2D eigenvalue weighted by Gasteiger charge is 2.38. The van der Waals surface area contributed by atoms with Crippen molar-refractivity contribution in [1.82, 2.24) is 4.90 Å². The number of ether oxygens (including phenoxy) is 2. The minimum absolute atomic E-state index is 0.0154. The third-order valence-corrected chi connectivity index (χ3v) is 8.83. The highest BCUT2D eigenvalue weighted by atomic mass is 32.2. The van der Waals surface area contributed by atoms with Gasteiger partial charge in [0.2, 0.25) is 10.0 Å². The first-order valence-electron chi connectivity index (χ1n) is 13.4. The number of rotatable bonds is 9. The van der Waals surface area contributed by atoms with Gasteiger partial charge in [0.15, 0.2) is 5.75 Å². The molecule has 0 amide bonds. The topological polar surface area (TPSA) is 150 Å². The largest absolute Gasteiger partial charge is 0.490 e. The van der Waals surface area contributed by atoms with Crippen LogP contribution in [-0.4, -0.2) is 68.6 Å². The molecule has 11 heteroatoms. The van der Waals surface area contributed by atoms with Crippen molar-refractivity contribution in [2.45, 2.75) is 52.2 Å². The van der Waals surface area contributed by atoms with Gasteiger partial charge in [-0.25, -0.2) is 8.42 Å². The first-order valence-corrected chi connectivity index (χ1v) is 15.0. The maximum Gasteiger partial charge on any atom is 0.323 e. The number of amidine groups is 2. The Morgan fingerprint density at radius 3 is 2.55 bits per heavy atom. The predicted octanol–water partition coefficient (Wildman–Crippen LogP) is 3.46. The summed E-state index contributed by atoms with van der Waals surface area (Å²) in [5.41, 5.74) is 9.12. The van der Waals surface area contributed by atoms with E-state index in [9.17, 15) is 13.2 Å². The number of sulfonamides is 1. The van der Waals surface area contributed by atoms with E-state index in [0.717, 1.165) is 42.6 Å². The summed E-state index contributed by atoms with van der Waals surface area (Å²) in [6.07, 6.45) is 5.63. The van der Waals surface area contributed by atoms with Crippen LogP contribution < -0.4 is 14.8 Å². The molecular weight excluding hydrogens is 530 g/mol. The second kappa shape index (κ2) is 12.1. The van der Waals surface area contributed by atoms with Gasteiger partial charge in [-0.15, -0.1) is 0 Å². The van der Waals surface area contributed by atoms with Crippen LogP contribution >= 0.6 is 0 Å². The number of carbonyl (C=O) groups excluding carboxylic acids is 1. The van der Waals surface area contributed by atoms with Gasteiger partial charge < -0.3 is 20.1 Å². The Kier molecular flexibility index (Phi) is 8.82. The van der Waals surface area contributed by atoms with Crippen LogP contribution in [-0.2, 0) is 26.0 Å². The van der Waals surface area contributed by atoms with E-state index in [1.54, 1.807) is 44.2 Å². The lowest BCUT2D eigenvalue weighted by Crippen LogP contribution is -2.40. The molecule has 2 aliphatic heterocycles. The Balaban J connectivity index is 1.63. The van der Waals surface area contributed by atoms with Crippen molar-refractivity contribution < 1.29 is 22.7 Å². The molecule has 2 aromatic carbocycles. The number of piperidine rings is 1. The van der Waals surface area contributed by atoms with E-state index < -0.39 is 27.8 Å². The number of nitrogens with one attached hydrogen (secondary N) is 2. The molecule has 0 saturated carbocycles. The summed E-state index contributed by atoms with van der Waals surface area (Å²) in [5, 5.41) is 15.5. The molecule has 4 rings (SSSR count). The molecule has 2 aliphatic rings. The van der Waals surface area contributed by atoms with E-state index in [2.05, 4.69) is 0 Å². The summed E-state index contributed by atoms with van der Waals surface area (Å²) in [6, 6.07) is 10.3. The number of nitrogens with zero attached hydrogens (tertiary/aromatic N) is 2. The fraction of sp³-hybridized carbons (Fsp3) is 0.414. The molecule has 0 aliphatic carbocycles. The second-order valence-corrected chi connectivity index (χ2v) is 12.0. The zero-order chi connectivity index (χ0) is 29.0. The molecule has 0 radical (unpaired) electrons. The molecule has 1 atom stereocenters. The second-order valence-electron chi connectivity index (χ2n) is 10.2. The third-order valence-electron chi connectivity index (χ3n) is 7.17. The highest BCUT2D eigenvalue weighted by Crippen LogP contribution is 2.40. The fourth-order valence-electron chi connectivity index (χ4n) is 5.14. The minimum Gasteiger partial charge on any atom is -0.490 e. The summed E-state index contributed by atoms with van der Waals surface area (Å²) in [6.45, 7) is 6.94. The normalized spacial score (nSPS) is 17.6.